The fraction of sp³-hybridized carbons (Fsp3) is 0.389. The van der Waals surface area contributed by atoms with E-state index in [0.717, 1.165) is 31.0 Å². The minimum atomic E-state index is 0.158. The zero-order valence-electron chi connectivity index (χ0n) is 14.2. The number of benzene rings is 1. The number of guanidine groups is 1. The largest absolute Gasteiger partial charge is 0.504 e. The number of phenols is 1. The van der Waals surface area contributed by atoms with Crippen molar-refractivity contribution < 1.29 is 9.84 Å². The molecule has 0 unspecified atom stereocenters. The summed E-state index contributed by atoms with van der Waals surface area (Å²) in [5, 5.41) is 18.4. The van der Waals surface area contributed by atoms with Crippen LogP contribution in [0, 0.1) is 0 Å². The minimum absolute atomic E-state index is 0.158. The Balaban J connectivity index is 1.93. The summed E-state index contributed by atoms with van der Waals surface area (Å²) in [5.41, 5.74) is 0.992. The lowest BCUT2D eigenvalue weighted by molar-refractivity contribution is 0.318. The van der Waals surface area contributed by atoms with Gasteiger partial charge in [-0.15, -0.1) is 11.3 Å². The fourth-order valence-electron chi connectivity index (χ4n) is 2.20. The van der Waals surface area contributed by atoms with E-state index in [-0.39, 0.29) is 5.75 Å². The van der Waals surface area contributed by atoms with Crippen LogP contribution in [0.25, 0.3) is 0 Å². The predicted octanol–water partition coefficient (Wildman–Crippen LogP) is 3.15. The molecule has 0 radical (unpaired) electrons. The first-order valence-electron chi connectivity index (χ1n) is 8.22. The van der Waals surface area contributed by atoms with E-state index in [1.807, 2.05) is 26.0 Å². The van der Waals surface area contributed by atoms with E-state index < -0.39 is 0 Å². The molecule has 3 N–H and O–H groups in total. The van der Waals surface area contributed by atoms with Crippen LogP contribution in [0.3, 0.4) is 0 Å². The second kappa shape index (κ2) is 9.82. The van der Waals surface area contributed by atoms with E-state index in [9.17, 15) is 5.11 Å². The predicted molar refractivity (Wildman–Crippen MR) is 100 cm³/mol. The molecule has 0 atom stereocenters. The Morgan fingerprint density at radius 2 is 2.12 bits per heavy atom. The van der Waals surface area contributed by atoms with Crippen LogP contribution in [0.15, 0.2) is 40.7 Å². The molecule has 1 heterocycles. The number of nitrogens with zero attached hydrogens (tertiary/aromatic N) is 1. The van der Waals surface area contributed by atoms with Crippen LogP contribution in [0.2, 0.25) is 0 Å². The van der Waals surface area contributed by atoms with Gasteiger partial charge in [-0.2, -0.15) is 0 Å². The van der Waals surface area contributed by atoms with Crippen LogP contribution in [-0.4, -0.2) is 30.8 Å². The molecule has 2 aromatic rings. The summed E-state index contributed by atoms with van der Waals surface area (Å²) >= 11 is 1.77. The molecular weight excluding hydrogens is 322 g/mol. The second-order valence-corrected chi connectivity index (χ2v) is 6.22. The average molecular weight is 347 g/mol. The first kappa shape index (κ1) is 18.1. The van der Waals surface area contributed by atoms with Crippen molar-refractivity contribution in [2.45, 2.75) is 26.8 Å². The van der Waals surface area contributed by atoms with Gasteiger partial charge in [0.2, 0.25) is 0 Å². The Labute approximate surface area is 147 Å². The maximum atomic E-state index is 9.75. The second-order valence-electron chi connectivity index (χ2n) is 5.19. The smallest absolute Gasteiger partial charge is 0.191 e. The van der Waals surface area contributed by atoms with Gasteiger partial charge in [-0.1, -0.05) is 12.1 Å². The third kappa shape index (κ3) is 5.77. The molecule has 0 spiro atoms. The number of hydrogen-bond acceptors (Lipinski definition) is 4. The standard InChI is InChI=1S/C18H25N3O2S/c1-3-19-18(20-10-9-15-6-5-11-24-15)21-13-14-7-8-16(22)17(12-14)23-4-2/h5-8,11-12,22H,3-4,9-10,13H2,1-2H3,(H2,19,20,21). The monoisotopic (exact) mass is 347 g/mol. The van der Waals surface area contributed by atoms with Crippen molar-refractivity contribution in [2.75, 3.05) is 19.7 Å². The van der Waals surface area contributed by atoms with Crippen molar-refractivity contribution >= 4 is 17.3 Å². The number of nitrogens with one attached hydrogen (secondary N) is 2. The van der Waals surface area contributed by atoms with Crippen LogP contribution in [-0.2, 0) is 13.0 Å². The lowest BCUT2D eigenvalue weighted by Gasteiger charge is -2.11. The Bertz CT molecular complexity index is 642. The summed E-state index contributed by atoms with van der Waals surface area (Å²) in [6.07, 6.45) is 0.982. The highest BCUT2D eigenvalue weighted by Crippen LogP contribution is 2.27. The van der Waals surface area contributed by atoms with Gasteiger partial charge in [-0.25, -0.2) is 4.99 Å². The minimum Gasteiger partial charge on any atom is -0.504 e. The van der Waals surface area contributed by atoms with Gasteiger partial charge >= 0.3 is 0 Å². The van der Waals surface area contributed by atoms with Crippen molar-refractivity contribution in [1.29, 1.82) is 0 Å². The molecule has 0 aliphatic heterocycles. The molecule has 5 nitrogen and oxygen atoms in total. The molecule has 0 saturated carbocycles. The van der Waals surface area contributed by atoms with Gasteiger partial charge in [-0.05, 0) is 49.4 Å². The van der Waals surface area contributed by atoms with E-state index in [1.54, 1.807) is 17.4 Å². The number of ether oxygens (including phenoxy) is 1. The van der Waals surface area contributed by atoms with E-state index in [0.29, 0.717) is 18.9 Å². The number of hydrogen-bond donors (Lipinski definition) is 3. The maximum Gasteiger partial charge on any atom is 0.191 e. The lowest BCUT2D eigenvalue weighted by Crippen LogP contribution is -2.38. The number of aromatic hydroxyl groups is 1. The van der Waals surface area contributed by atoms with E-state index in [2.05, 4.69) is 33.1 Å². The molecule has 2 rings (SSSR count). The molecule has 1 aromatic carbocycles. The highest BCUT2D eigenvalue weighted by atomic mass is 32.1. The highest BCUT2D eigenvalue weighted by molar-refractivity contribution is 7.09. The number of phenolic OH excluding ortho intramolecular Hbond substituents is 1. The van der Waals surface area contributed by atoms with Crippen molar-refractivity contribution in [3.63, 3.8) is 0 Å². The number of thiophene rings is 1. The van der Waals surface area contributed by atoms with Crippen LogP contribution in [0.5, 0.6) is 11.5 Å². The van der Waals surface area contributed by atoms with Gasteiger partial charge in [0.05, 0.1) is 13.2 Å². The molecule has 0 bridgehead atoms. The van der Waals surface area contributed by atoms with Gasteiger partial charge in [-0.3, -0.25) is 0 Å². The molecule has 0 aliphatic carbocycles. The highest BCUT2D eigenvalue weighted by Gasteiger charge is 2.04. The molecule has 0 amide bonds. The van der Waals surface area contributed by atoms with Crippen LogP contribution in [0.1, 0.15) is 24.3 Å². The van der Waals surface area contributed by atoms with E-state index in [1.165, 1.54) is 4.88 Å². The summed E-state index contributed by atoms with van der Waals surface area (Å²) < 4.78 is 5.41. The molecule has 6 heteroatoms. The van der Waals surface area contributed by atoms with Crippen LogP contribution < -0.4 is 15.4 Å². The summed E-state index contributed by atoms with van der Waals surface area (Å²) in [6, 6.07) is 9.54. The van der Waals surface area contributed by atoms with Crippen LogP contribution >= 0.6 is 11.3 Å². The van der Waals surface area contributed by atoms with Gasteiger partial charge in [0.1, 0.15) is 0 Å². The average Bonchev–Trinajstić information content (AvgIpc) is 3.09. The normalized spacial score (nSPS) is 11.3. The number of rotatable bonds is 8. The quantitative estimate of drug-likeness (QED) is 0.507. The number of aliphatic imine (C=N–C) groups is 1. The summed E-state index contributed by atoms with van der Waals surface area (Å²) in [4.78, 5) is 5.95. The summed E-state index contributed by atoms with van der Waals surface area (Å²) in [5.74, 6) is 1.45. The maximum absolute atomic E-state index is 9.75. The molecule has 24 heavy (non-hydrogen) atoms. The molecule has 130 valence electrons. The SMILES string of the molecule is CCNC(=NCc1ccc(O)c(OCC)c1)NCCc1cccs1. The van der Waals surface area contributed by atoms with Crippen molar-refractivity contribution in [3.05, 3.63) is 46.2 Å². The third-order valence-electron chi connectivity index (χ3n) is 3.33. The molecular formula is C18H25N3O2S. The molecule has 0 fully saturated rings. The fourth-order valence-corrected chi connectivity index (χ4v) is 2.91. The molecule has 1 aromatic heterocycles. The van der Waals surface area contributed by atoms with Crippen molar-refractivity contribution in [2.24, 2.45) is 4.99 Å². The zero-order valence-corrected chi connectivity index (χ0v) is 15.0. The van der Waals surface area contributed by atoms with Gasteiger partial charge in [0.25, 0.3) is 0 Å². The van der Waals surface area contributed by atoms with Crippen LogP contribution in [0.4, 0.5) is 0 Å². The van der Waals surface area contributed by atoms with E-state index in [4.69, 9.17) is 4.74 Å². The third-order valence-corrected chi connectivity index (χ3v) is 4.27. The Morgan fingerprint density at radius 1 is 1.25 bits per heavy atom. The first-order valence-corrected chi connectivity index (χ1v) is 9.10. The Kier molecular flexibility index (Phi) is 7.42. The van der Waals surface area contributed by atoms with Gasteiger partial charge in [0, 0.05) is 18.0 Å². The van der Waals surface area contributed by atoms with Gasteiger partial charge in [0.15, 0.2) is 17.5 Å². The topological polar surface area (TPSA) is 65.9 Å². The van der Waals surface area contributed by atoms with Crippen molar-refractivity contribution in [3.8, 4) is 11.5 Å². The zero-order chi connectivity index (χ0) is 17.2. The lowest BCUT2D eigenvalue weighted by atomic mass is 10.2. The molecule has 0 saturated heterocycles. The molecule has 0 aliphatic rings. The Morgan fingerprint density at radius 3 is 2.83 bits per heavy atom. The Hall–Kier alpha value is -2.21. The summed E-state index contributed by atoms with van der Waals surface area (Å²) in [7, 11) is 0. The van der Waals surface area contributed by atoms with Crippen molar-refractivity contribution in [1.82, 2.24) is 10.6 Å². The van der Waals surface area contributed by atoms with E-state index >= 15 is 0 Å². The van der Waals surface area contributed by atoms with Gasteiger partial charge < -0.3 is 20.5 Å². The first-order chi connectivity index (χ1) is 11.7. The summed E-state index contributed by atoms with van der Waals surface area (Å²) in [6.45, 7) is 6.63.